The third kappa shape index (κ3) is 2.85. The molecular formula is C18H20N4O3S. The van der Waals surface area contributed by atoms with Crippen LogP contribution in [0.5, 0.6) is 0 Å². The number of likely N-dealkylation sites (tertiary alicyclic amines) is 1. The summed E-state index contributed by atoms with van der Waals surface area (Å²) in [7, 11) is 1.62. The van der Waals surface area contributed by atoms with E-state index in [9.17, 15) is 9.59 Å². The monoisotopic (exact) mass is 372 g/mol. The van der Waals surface area contributed by atoms with Crippen molar-refractivity contribution in [1.82, 2.24) is 19.5 Å². The number of aromatic nitrogens is 3. The van der Waals surface area contributed by atoms with Gasteiger partial charge in [0.2, 0.25) is 5.91 Å². The number of fused-ring (bicyclic) bond motifs is 1. The molecule has 1 fully saturated rings. The molecule has 26 heavy (non-hydrogen) atoms. The largest absolute Gasteiger partial charge is 0.383 e. The number of carbonyl (C=O) groups is 1. The third-order valence-electron chi connectivity index (χ3n) is 4.84. The van der Waals surface area contributed by atoms with Crippen LogP contribution in [0.25, 0.3) is 16.2 Å². The van der Waals surface area contributed by atoms with Crippen molar-refractivity contribution in [2.45, 2.75) is 19.3 Å². The molecule has 136 valence electrons. The predicted molar refractivity (Wildman–Crippen MR) is 99.7 cm³/mol. The van der Waals surface area contributed by atoms with E-state index in [1.807, 2.05) is 24.4 Å². The van der Waals surface area contributed by atoms with E-state index in [-0.39, 0.29) is 17.4 Å². The average molecular weight is 372 g/mol. The van der Waals surface area contributed by atoms with Crippen molar-refractivity contribution in [3.8, 4) is 10.6 Å². The number of hydrogen-bond acceptors (Lipinski definition) is 5. The Morgan fingerprint density at radius 2 is 2.27 bits per heavy atom. The van der Waals surface area contributed by atoms with Gasteiger partial charge in [-0.2, -0.15) is 0 Å². The molecule has 0 radical (unpaired) electrons. The molecule has 1 aliphatic heterocycles. The van der Waals surface area contributed by atoms with Gasteiger partial charge in [0.25, 0.3) is 5.56 Å². The third-order valence-corrected chi connectivity index (χ3v) is 5.73. The number of hydrogen-bond donors (Lipinski definition) is 1. The Hall–Kier alpha value is -2.45. The molecule has 7 nitrogen and oxygen atoms in total. The minimum atomic E-state index is -0.154. The summed E-state index contributed by atoms with van der Waals surface area (Å²) in [6, 6.07) is 5.53. The van der Waals surface area contributed by atoms with Crippen LogP contribution in [0.4, 0.5) is 0 Å². The summed E-state index contributed by atoms with van der Waals surface area (Å²) in [6.45, 7) is 3.61. The van der Waals surface area contributed by atoms with Crippen LogP contribution in [-0.4, -0.2) is 52.2 Å². The molecule has 0 aliphatic carbocycles. The van der Waals surface area contributed by atoms with Crippen LogP contribution in [0.3, 0.4) is 0 Å². The van der Waals surface area contributed by atoms with Crippen molar-refractivity contribution in [3.63, 3.8) is 0 Å². The number of nitrogens with one attached hydrogen (secondary N) is 1. The van der Waals surface area contributed by atoms with E-state index in [4.69, 9.17) is 9.72 Å². The van der Waals surface area contributed by atoms with Gasteiger partial charge in [0, 0.05) is 44.2 Å². The maximum absolute atomic E-state index is 12.6. The number of methoxy groups -OCH3 is 1. The molecule has 4 rings (SSSR count). The van der Waals surface area contributed by atoms with Gasteiger partial charge in [-0.05, 0) is 18.4 Å². The van der Waals surface area contributed by atoms with Gasteiger partial charge >= 0.3 is 0 Å². The zero-order valence-corrected chi connectivity index (χ0v) is 15.5. The molecule has 1 amide bonds. The number of amides is 1. The lowest BCUT2D eigenvalue weighted by Crippen LogP contribution is -2.28. The molecule has 4 heterocycles. The van der Waals surface area contributed by atoms with Crippen LogP contribution >= 0.6 is 11.3 Å². The van der Waals surface area contributed by atoms with Crippen molar-refractivity contribution < 1.29 is 9.53 Å². The number of aromatic amines is 1. The first-order chi connectivity index (χ1) is 12.6. The first kappa shape index (κ1) is 17.0. The summed E-state index contributed by atoms with van der Waals surface area (Å²) >= 11 is 1.61. The minimum absolute atomic E-state index is 0.0588. The second-order valence-electron chi connectivity index (χ2n) is 6.50. The topological polar surface area (TPSA) is 79.7 Å². The van der Waals surface area contributed by atoms with E-state index >= 15 is 0 Å². The molecule has 1 atom stereocenters. The first-order valence-corrected chi connectivity index (χ1v) is 9.39. The lowest BCUT2D eigenvalue weighted by molar-refractivity contribution is -0.128. The smallest absolute Gasteiger partial charge is 0.272 e. The highest BCUT2D eigenvalue weighted by Gasteiger charge is 2.32. The highest BCUT2D eigenvalue weighted by molar-refractivity contribution is 7.13. The molecule has 3 aromatic rings. The molecule has 1 saturated heterocycles. The molecule has 0 spiro atoms. The maximum atomic E-state index is 12.6. The second-order valence-corrected chi connectivity index (χ2v) is 7.45. The van der Waals surface area contributed by atoms with Crippen LogP contribution in [0.1, 0.15) is 23.6 Å². The number of thiophene rings is 1. The Morgan fingerprint density at radius 3 is 3.00 bits per heavy atom. The zero-order valence-electron chi connectivity index (χ0n) is 14.7. The molecule has 0 unspecified atom stereocenters. The van der Waals surface area contributed by atoms with Crippen molar-refractivity contribution >= 4 is 22.9 Å². The highest BCUT2D eigenvalue weighted by Crippen LogP contribution is 2.30. The maximum Gasteiger partial charge on any atom is 0.272 e. The van der Waals surface area contributed by atoms with Gasteiger partial charge in [-0.25, -0.2) is 9.50 Å². The van der Waals surface area contributed by atoms with Crippen LogP contribution in [-0.2, 0) is 9.53 Å². The van der Waals surface area contributed by atoms with Gasteiger partial charge < -0.3 is 9.64 Å². The van der Waals surface area contributed by atoms with Crippen LogP contribution in [0.2, 0.25) is 0 Å². The standard InChI is InChI=1S/C18H20N4O3S/c1-11-17(14-4-3-7-26-14)20-22-16(24)9-13(19-18(11)22)12-8-15(23)21(10-12)5-6-25-2/h3-4,7,9,12,20H,5-6,8,10H2,1-2H3/t12-/m0/s1. The lowest BCUT2D eigenvalue weighted by Gasteiger charge is -2.15. The van der Waals surface area contributed by atoms with Gasteiger partial charge in [0.15, 0.2) is 5.65 Å². The van der Waals surface area contributed by atoms with E-state index in [2.05, 4.69) is 5.10 Å². The first-order valence-electron chi connectivity index (χ1n) is 8.51. The number of ether oxygens (including phenoxy) is 1. The fourth-order valence-electron chi connectivity index (χ4n) is 3.42. The molecule has 0 bridgehead atoms. The SMILES string of the molecule is COCCN1C[C@@H](c2cc(=O)n3[nH]c(-c4cccs4)c(C)c3n2)CC1=O. The van der Waals surface area contributed by atoms with Crippen molar-refractivity contribution in [2.24, 2.45) is 0 Å². The number of carbonyl (C=O) groups excluding carboxylic acids is 1. The van der Waals surface area contributed by atoms with E-state index in [1.54, 1.807) is 29.4 Å². The number of H-pyrrole nitrogens is 1. The molecule has 3 aromatic heterocycles. The summed E-state index contributed by atoms with van der Waals surface area (Å²) in [6.07, 6.45) is 0.383. The van der Waals surface area contributed by atoms with Crippen LogP contribution < -0.4 is 5.56 Å². The van der Waals surface area contributed by atoms with Gasteiger partial charge in [-0.1, -0.05) is 6.07 Å². The Labute approximate surface area is 154 Å². The van der Waals surface area contributed by atoms with Gasteiger partial charge in [-0.3, -0.25) is 14.7 Å². The second kappa shape index (κ2) is 6.69. The fraction of sp³-hybridized carbons (Fsp3) is 0.389. The summed E-state index contributed by atoms with van der Waals surface area (Å²) in [4.78, 5) is 32.4. The van der Waals surface area contributed by atoms with E-state index in [0.29, 0.717) is 37.5 Å². The molecular weight excluding hydrogens is 352 g/mol. The average Bonchev–Trinajstić information content (AvgIpc) is 3.33. The van der Waals surface area contributed by atoms with Crippen molar-refractivity contribution in [2.75, 3.05) is 26.8 Å². The Morgan fingerprint density at radius 1 is 1.42 bits per heavy atom. The fourth-order valence-corrected chi connectivity index (χ4v) is 4.20. The lowest BCUT2D eigenvalue weighted by atomic mass is 10.0. The highest BCUT2D eigenvalue weighted by atomic mass is 32.1. The summed E-state index contributed by atoms with van der Waals surface area (Å²) < 4.78 is 6.54. The molecule has 1 N–H and O–H groups in total. The molecule has 1 aliphatic rings. The van der Waals surface area contributed by atoms with Crippen molar-refractivity contribution in [3.05, 3.63) is 45.2 Å². The van der Waals surface area contributed by atoms with Crippen molar-refractivity contribution in [1.29, 1.82) is 0 Å². The van der Waals surface area contributed by atoms with Crippen LogP contribution in [0.15, 0.2) is 28.4 Å². The Balaban J connectivity index is 1.71. The number of nitrogens with zero attached hydrogens (tertiary/aromatic N) is 3. The van der Waals surface area contributed by atoms with Gasteiger partial charge in [0.1, 0.15) is 0 Å². The number of rotatable bonds is 5. The summed E-state index contributed by atoms with van der Waals surface area (Å²) in [5.41, 5.74) is 3.00. The van der Waals surface area contributed by atoms with E-state index in [0.717, 1.165) is 16.1 Å². The van der Waals surface area contributed by atoms with E-state index in [1.165, 1.54) is 4.52 Å². The Kier molecular flexibility index (Phi) is 4.37. The van der Waals surface area contributed by atoms with Gasteiger partial charge in [-0.15, -0.1) is 11.3 Å². The normalized spacial score (nSPS) is 17.5. The zero-order chi connectivity index (χ0) is 18.3. The molecule has 0 saturated carbocycles. The molecule has 8 heteroatoms. The predicted octanol–water partition coefficient (Wildman–Crippen LogP) is 2.02. The quantitative estimate of drug-likeness (QED) is 0.743. The Bertz CT molecular complexity index is 1010. The summed E-state index contributed by atoms with van der Waals surface area (Å²) in [5.74, 6) is 0.0238. The van der Waals surface area contributed by atoms with Crippen LogP contribution in [0, 0.1) is 6.92 Å². The molecule has 0 aromatic carbocycles. The number of aryl methyl sites for hydroxylation is 1. The minimum Gasteiger partial charge on any atom is -0.383 e. The van der Waals surface area contributed by atoms with Gasteiger partial charge in [0.05, 0.1) is 22.9 Å². The van der Waals surface area contributed by atoms with E-state index < -0.39 is 0 Å². The summed E-state index contributed by atoms with van der Waals surface area (Å²) in [5, 5.41) is 5.16.